The van der Waals surface area contributed by atoms with Crippen LogP contribution in [0, 0.1) is 6.92 Å². The van der Waals surface area contributed by atoms with E-state index < -0.39 is 0 Å². The average Bonchev–Trinajstić information content (AvgIpc) is 2.81. The minimum atomic E-state index is -0.252. The number of benzene rings is 3. The van der Waals surface area contributed by atoms with Crippen molar-refractivity contribution >= 4 is 56.4 Å². The quantitative estimate of drug-likeness (QED) is 0.365. The molecule has 8 heteroatoms. The highest BCUT2D eigenvalue weighted by atomic mass is 79.9. The number of aryl methyl sites for hydroxylation is 1. The number of anilines is 2. The lowest BCUT2D eigenvalue weighted by Crippen LogP contribution is -2.46. The summed E-state index contributed by atoms with van der Waals surface area (Å²) >= 11 is 16.4. The third-order valence-electron chi connectivity index (χ3n) is 5.96. The molecule has 1 heterocycles. The number of ether oxygens (including phenoxy) is 1. The molecule has 178 valence electrons. The molecular weight excluding hydrogens is 537 g/mol. The maximum absolute atomic E-state index is 12.9. The van der Waals surface area contributed by atoms with Gasteiger partial charge >= 0.3 is 0 Å². The molecule has 0 spiro atoms. The Morgan fingerprint density at radius 2 is 1.76 bits per heavy atom. The second-order valence-corrected chi connectivity index (χ2v) is 10.0. The molecule has 0 unspecified atom stereocenters. The Bertz CT molecular complexity index is 1200. The van der Waals surface area contributed by atoms with Crippen LogP contribution in [0.2, 0.25) is 10.0 Å². The van der Waals surface area contributed by atoms with Crippen molar-refractivity contribution in [3.63, 3.8) is 0 Å². The predicted molar refractivity (Wildman–Crippen MR) is 144 cm³/mol. The van der Waals surface area contributed by atoms with Crippen LogP contribution in [0.3, 0.4) is 0 Å². The van der Waals surface area contributed by atoms with Gasteiger partial charge in [0.1, 0.15) is 5.75 Å². The average molecular weight is 563 g/mol. The van der Waals surface area contributed by atoms with Crippen LogP contribution in [-0.2, 0) is 6.54 Å². The molecule has 0 aliphatic carbocycles. The molecule has 0 radical (unpaired) electrons. The van der Waals surface area contributed by atoms with E-state index in [1.807, 2.05) is 43.3 Å². The lowest BCUT2D eigenvalue weighted by molar-refractivity contribution is 0.102. The fourth-order valence-corrected chi connectivity index (χ4v) is 5.29. The Morgan fingerprint density at radius 1 is 1.03 bits per heavy atom. The molecule has 3 aromatic rings. The topological polar surface area (TPSA) is 44.8 Å². The van der Waals surface area contributed by atoms with E-state index in [1.165, 1.54) is 0 Å². The summed E-state index contributed by atoms with van der Waals surface area (Å²) in [6.45, 7) is 6.31. The summed E-state index contributed by atoms with van der Waals surface area (Å²) in [4.78, 5) is 17.6. The Kier molecular flexibility index (Phi) is 8.04. The third-order valence-corrected chi connectivity index (χ3v) is 7.09. The van der Waals surface area contributed by atoms with E-state index in [2.05, 4.69) is 37.1 Å². The Hall–Kier alpha value is -2.25. The van der Waals surface area contributed by atoms with Gasteiger partial charge in [0.2, 0.25) is 0 Å². The molecule has 4 rings (SSSR count). The number of nitrogens with one attached hydrogen (secondary N) is 1. The van der Waals surface area contributed by atoms with Gasteiger partial charge in [0.25, 0.3) is 5.91 Å². The zero-order valence-electron chi connectivity index (χ0n) is 19.1. The van der Waals surface area contributed by atoms with Gasteiger partial charge in [-0.3, -0.25) is 9.69 Å². The molecule has 3 aromatic carbocycles. The molecule has 1 aliphatic heterocycles. The van der Waals surface area contributed by atoms with E-state index in [-0.39, 0.29) is 5.91 Å². The van der Waals surface area contributed by atoms with Crippen molar-refractivity contribution in [1.82, 2.24) is 4.90 Å². The number of carbonyl (C=O) groups is 1. The maximum Gasteiger partial charge on any atom is 0.259 e. The number of methoxy groups -OCH3 is 1. The Morgan fingerprint density at radius 3 is 2.44 bits per heavy atom. The molecule has 0 saturated carbocycles. The first kappa shape index (κ1) is 24.9. The fraction of sp³-hybridized carbons (Fsp3) is 0.269. The smallest absolute Gasteiger partial charge is 0.259 e. The van der Waals surface area contributed by atoms with Crippen LogP contribution in [0.5, 0.6) is 5.75 Å². The van der Waals surface area contributed by atoms with Gasteiger partial charge in [0.15, 0.2) is 0 Å². The zero-order chi connectivity index (χ0) is 24.2. The molecule has 1 amide bonds. The van der Waals surface area contributed by atoms with Crippen molar-refractivity contribution in [2.24, 2.45) is 0 Å². The van der Waals surface area contributed by atoms with Crippen LogP contribution in [0.15, 0.2) is 59.1 Å². The summed E-state index contributed by atoms with van der Waals surface area (Å²) in [5, 5.41) is 4.35. The van der Waals surface area contributed by atoms with Gasteiger partial charge in [-0.15, -0.1) is 0 Å². The minimum absolute atomic E-state index is 0.252. The number of hydrogen-bond acceptors (Lipinski definition) is 4. The van der Waals surface area contributed by atoms with Crippen LogP contribution < -0.4 is 15.0 Å². The monoisotopic (exact) mass is 561 g/mol. The SMILES string of the molecule is COc1c(C)cc(Br)cc1C(=O)Nc1ccc(N2CCN(Cc3ccccc3Cl)CC2)c(Cl)c1. The summed E-state index contributed by atoms with van der Waals surface area (Å²) in [5.74, 6) is 0.302. The first-order chi connectivity index (χ1) is 16.4. The number of halogens is 3. The molecule has 5 nitrogen and oxygen atoms in total. The maximum atomic E-state index is 12.9. The van der Waals surface area contributed by atoms with Gasteiger partial charge in [-0.1, -0.05) is 57.3 Å². The molecule has 0 bridgehead atoms. The normalized spacial score (nSPS) is 14.2. The van der Waals surface area contributed by atoms with E-state index >= 15 is 0 Å². The number of amides is 1. The van der Waals surface area contributed by atoms with Gasteiger partial charge in [0, 0.05) is 47.9 Å². The lowest BCUT2D eigenvalue weighted by Gasteiger charge is -2.36. The first-order valence-electron chi connectivity index (χ1n) is 11.0. The molecule has 0 aromatic heterocycles. The number of piperazine rings is 1. The predicted octanol–water partition coefficient (Wildman–Crippen LogP) is 6.65. The van der Waals surface area contributed by atoms with Crippen LogP contribution in [0.4, 0.5) is 11.4 Å². The van der Waals surface area contributed by atoms with Crippen molar-refractivity contribution in [1.29, 1.82) is 0 Å². The molecule has 1 fully saturated rings. The van der Waals surface area contributed by atoms with Gasteiger partial charge in [0.05, 0.1) is 23.4 Å². The van der Waals surface area contributed by atoms with Crippen molar-refractivity contribution in [3.8, 4) is 5.75 Å². The molecule has 1 N–H and O–H groups in total. The van der Waals surface area contributed by atoms with Gasteiger partial charge in [-0.05, 0) is 54.4 Å². The number of carbonyl (C=O) groups excluding carboxylic acids is 1. The summed E-state index contributed by atoms with van der Waals surface area (Å²) in [5.41, 5.74) is 4.09. The summed E-state index contributed by atoms with van der Waals surface area (Å²) < 4.78 is 6.26. The van der Waals surface area contributed by atoms with E-state index in [0.29, 0.717) is 22.0 Å². The van der Waals surface area contributed by atoms with Crippen molar-refractivity contribution in [3.05, 3.63) is 85.8 Å². The van der Waals surface area contributed by atoms with E-state index in [4.69, 9.17) is 27.9 Å². The fourth-order valence-electron chi connectivity index (χ4n) is 4.22. The second-order valence-electron chi connectivity index (χ2n) is 8.28. The second kappa shape index (κ2) is 11.0. The van der Waals surface area contributed by atoms with Crippen molar-refractivity contribution < 1.29 is 9.53 Å². The molecule has 34 heavy (non-hydrogen) atoms. The van der Waals surface area contributed by atoms with E-state index in [9.17, 15) is 4.79 Å². The van der Waals surface area contributed by atoms with Crippen molar-refractivity contribution in [2.75, 3.05) is 43.5 Å². The summed E-state index contributed by atoms with van der Waals surface area (Å²) in [6.07, 6.45) is 0. The van der Waals surface area contributed by atoms with E-state index in [0.717, 1.165) is 59.0 Å². The van der Waals surface area contributed by atoms with Gasteiger partial charge < -0.3 is 15.0 Å². The summed E-state index contributed by atoms with van der Waals surface area (Å²) in [6, 6.07) is 17.3. The minimum Gasteiger partial charge on any atom is -0.496 e. The molecule has 1 aliphatic rings. The van der Waals surface area contributed by atoms with E-state index in [1.54, 1.807) is 19.2 Å². The standard InChI is InChI=1S/C26H26BrCl2N3O2/c1-17-13-19(27)14-21(25(17)34-2)26(33)30-20-7-8-24(23(29)15-20)32-11-9-31(10-12-32)16-18-5-3-4-6-22(18)28/h3-8,13-15H,9-12,16H2,1-2H3,(H,30,33). The number of hydrogen-bond donors (Lipinski definition) is 1. The Labute approximate surface area is 218 Å². The molecule has 0 atom stereocenters. The van der Waals surface area contributed by atoms with Crippen LogP contribution in [0.25, 0.3) is 0 Å². The third kappa shape index (κ3) is 5.69. The largest absolute Gasteiger partial charge is 0.496 e. The summed E-state index contributed by atoms with van der Waals surface area (Å²) in [7, 11) is 1.56. The Balaban J connectivity index is 1.40. The molecule has 1 saturated heterocycles. The van der Waals surface area contributed by atoms with Crippen molar-refractivity contribution in [2.45, 2.75) is 13.5 Å². The van der Waals surface area contributed by atoms with Gasteiger partial charge in [-0.25, -0.2) is 0 Å². The van der Waals surface area contributed by atoms with Gasteiger partial charge in [-0.2, -0.15) is 0 Å². The molecular formula is C26H26BrCl2N3O2. The first-order valence-corrected chi connectivity index (χ1v) is 12.6. The highest BCUT2D eigenvalue weighted by molar-refractivity contribution is 9.10. The highest BCUT2D eigenvalue weighted by Gasteiger charge is 2.21. The van der Waals surface area contributed by atoms with Crippen LogP contribution in [-0.4, -0.2) is 44.1 Å². The van der Waals surface area contributed by atoms with Crippen LogP contribution >= 0.6 is 39.1 Å². The highest BCUT2D eigenvalue weighted by Crippen LogP contribution is 2.32. The lowest BCUT2D eigenvalue weighted by atomic mass is 10.1. The van der Waals surface area contributed by atoms with Crippen LogP contribution in [0.1, 0.15) is 21.5 Å². The number of rotatable bonds is 6. The zero-order valence-corrected chi connectivity index (χ0v) is 22.2. The number of nitrogens with zero attached hydrogens (tertiary/aromatic N) is 2.